The Kier molecular flexibility index (Phi) is 7.95. The maximum atomic E-state index is 13.5. The molecular formula is C25H34F2N2O2. The Morgan fingerprint density at radius 2 is 1.58 bits per heavy atom. The van der Waals surface area contributed by atoms with Gasteiger partial charge in [-0.25, -0.2) is 8.78 Å². The number of amides is 1. The van der Waals surface area contributed by atoms with E-state index in [-0.39, 0.29) is 24.3 Å². The fourth-order valence-electron chi connectivity index (χ4n) is 3.51. The molecule has 0 saturated heterocycles. The van der Waals surface area contributed by atoms with Gasteiger partial charge in [-0.05, 0) is 54.5 Å². The summed E-state index contributed by atoms with van der Waals surface area (Å²) >= 11 is 0. The molecule has 0 aliphatic heterocycles. The third kappa shape index (κ3) is 7.40. The summed E-state index contributed by atoms with van der Waals surface area (Å²) in [6.07, 6.45) is -0.850. The fourth-order valence-corrected chi connectivity index (χ4v) is 3.51. The number of halogens is 2. The molecule has 3 N–H and O–H groups in total. The standard InChI is InChI=1S/C25H34F2N2O2/c1-16(30)29-22(12-17-10-20(26)14-21(27)11-17)23(31)15-28-25(5,6)19-9-7-8-18(13-19)24(2,3)4/h7-11,13-14,22-23,28,31H,12,15H2,1-6H3,(H,29,30)/t22-,23+/m0/s1. The van der Waals surface area contributed by atoms with Crippen LogP contribution >= 0.6 is 0 Å². The molecule has 0 aliphatic carbocycles. The van der Waals surface area contributed by atoms with Crippen molar-refractivity contribution < 1.29 is 18.7 Å². The zero-order chi connectivity index (χ0) is 23.4. The summed E-state index contributed by atoms with van der Waals surface area (Å²) in [7, 11) is 0. The lowest BCUT2D eigenvalue weighted by Crippen LogP contribution is -2.51. The largest absolute Gasteiger partial charge is 0.390 e. The average molecular weight is 433 g/mol. The first-order valence-electron chi connectivity index (χ1n) is 10.5. The number of aliphatic hydroxyl groups is 1. The van der Waals surface area contributed by atoms with E-state index >= 15 is 0 Å². The number of benzene rings is 2. The topological polar surface area (TPSA) is 61.4 Å². The quantitative estimate of drug-likeness (QED) is 0.586. The first-order valence-corrected chi connectivity index (χ1v) is 10.5. The molecule has 6 heteroatoms. The van der Waals surface area contributed by atoms with Gasteiger partial charge < -0.3 is 15.7 Å². The van der Waals surface area contributed by atoms with E-state index in [4.69, 9.17) is 0 Å². The molecule has 2 aromatic rings. The van der Waals surface area contributed by atoms with Crippen molar-refractivity contribution >= 4 is 5.91 Å². The second-order valence-electron chi connectivity index (χ2n) is 9.69. The minimum absolute atomic E-state index is 0.0162. The van der Waals surface area contributed by atoms with Crippen molar-refractivity contribution in [1.82, 2.24) is 10.6 Å². The van der Waals surface area contributed by atoms with E-state index in [2.05, 4.69) is 43.5 Å². The molecule has 0 fully saturated rings. The predicted molar refractivity (Wildman–Crippen MR) is 120 cm³/mol. The molecule has 0 radical (unpaired) electrons. The summed E-state index contributed by atoms with van der Waals surface area (Å²) < 4.78 is 27.1. The lowest BCUT2D eigenvalue weighted by Gasteiger charge is -2.32. The number of aliphatic hydroxyl groups excluding tert-OH is 1. The van der Waals surface area contributed by atoms with Gasteiger partial charge in [0.1, 0.15) is 11.6 Å². The number of hydrogen-bond donors (Lipinski definition) is 3. The molecule has 1 amide bonds. The number of hydrogen-bond acceptors (Lipinski definition) is 3. The van der Waals surface area contributed by atoms with Crippen molar-refractivity contribution in [3.05, 3.63) is 70.8 Å². The zero-order valence-electron chi connectivity index (χ0n) is 19.2. The zero-order valence-corrected chi connectivity index (χ0v) is 19.2. The number of nitrogens with one attached hydrogen (secondary N) is 2. The van der Waals surface area contributed by atoms with Crippen molar-refractivity contribution in [2.45, 2.75) is 71.1 Å². The Morgan fingerprint density at radius 1 is 1.00 bits per heavy atom. The van der Waals surface area contributed by atoms with E-state index in [0.29, 0.717) is 5.56 Å². The summed E-state index contributed by atoms with van der Waals surface area (Å²) in [6, 6.07) is 10.8. The van der Waals surface area contributed by atoms with Gasteiger partial charge in [-0.1, -0.05) is 45.0 Å². The highest BCUT2D eigenvalue weighted by molar-refractivity contribution is 5.73. The molecule has 0 heterocycles. The molecule has 0 aromatic heterocycles. The number of carbonyl (C=O) groups is 1. The number of carbonyl (C=O) groups excluding carboxylic acids is 1. The Bertz CT molecular complexity index is 886. The van der Waals surface area contributed by atoms with Crippen molar-refractivity contribution in [1.29, 1.82) is 0 Å². The third-order valence-electron chi connectivity index (χ3n) is 5.43. The SMILES string of the molecule is CC(=O)N[C@@H](Cc1cc(F)cc(F)c1)[C@H](O)CNC(C)(C)c1cccc(C(C)(C)C)c1. The summed E-state index contributed by atoms with van der Waals surface area (Å²) in [4.78, 5) is 11.6. The highest BCUT2D eigenvalue weighted by atomic mass is 19.1. The van der Waals surface area contributed by atoms with Gasteiger partial charge in [0.2, 0.25) is 5.91 Å². The van der Waals surface area contributed by atoms with E-state index in [9.17, 15) is 18.7 Å². The first kappa shape index (κ1) is 25.0. The molecule has 0 aliphatic rings. The van der Waals surface area contributed by atoms with Crippen LogP contribution in [0.15, 0.2) is 42.5 Å². The van der Waals surface area contributed by atoms with E-state index in [1.165, 1.54) is 24.6 Å². The van der Waals surface area contributed by atoms with Crippen molar-refractivity contribution in [2.24, 2.45) is 0 Å². The summed E-state index contributed by atoms with van der Waals surface area (Å²) in [6.45, 7) is 12.1. The molecule has 0 saturated carbocycles. The van der Waals surface area contributed by atoms with E-state index in [0.717, 1.165) is 11.6 Å². The van der Waals surface area contributed by atoms with Gasteiger partial charge in [0.25, 0.3) is 0 Å². The minimum Gasteiger partial charge on any atom is -0.390 e. The third-order valence-corrected chi connectivity index (χ3v) is 5.43. The highest BCUT2D eigenvalue weighted by Crippen LogP contribution is 2.27. The second-order valence-corrected chi connectivity index (χ2v) is 9.69. The smallest absolute Gasteiger partial charge is 0.217 e. The van der Waals surface area contributed by atoms with Crippen LogP contribution in [0.25, 0.3) is 0 Å². The van der Waals surface area contributed by atoms with Crippen molar-refractivity contribution in [3.63, 3.8) is 0 Å². The highest BCUT2D eigenvalue weighted by Gasteiger charge is 2.27. The molecule has 170 valence electrons. The van der Waals surface area contributed by atoms with Gasteiger partial charge >= 0.3 is 0 Å². The van der Waals surface area contributed by atoms with Crippen LogP contribution in [0.1, 0.15) is 58.2 Å². The first-order chi connectivity index (χ1) is 14.3. The lowest BCUT2D eigenvalue weighted by molar-refractivity contribution is -0.120. The maximum absolute atomic E-state index is 13.5. The Morgan fingerprint density at radius 3 is 2.13 bits per heavy atom. The second kappa shape index (κ2) is 9.88. The van der Waals surface area contributed by atoms with Crippen molar-refractivity contribution in [3.8, 4) is 0 Å². The molecule has 0 unspecified atom stereocenters. The Labute approximate surface area is 184 Å². The Balaban J connectivity index is 2.13. The molecule has 2 aromatic carbocycles. The maximum Gasteiger partial charge on any atom is 0.217 e. The van der Waals surface area contributed by atoms with Crippen LogP contribution in [-0.4, -0.2) is 29.7 Å². The fraction of sp³-hybridized carbons (Fsp3) is 0.480. The van der Waals surface area contributed by atoms with Crippen LogP contribution < -0.4 is 10.6 Å². The van der Waals surface area contributed by atoms with E-state index < -0.39 is 29.3 Å². The summed E-state index contributed by atoms with van der Waals surface area (Å²) in [5, 5.41) is 16.9. The molecule has 2 rings (SSSR count). The lowest BCUT2D eigenvalue weighted by atomic mass is 9.83. The van der Waals surface area contributed by atoms with E-state index in [1.54, 1.807) is 0 Å². The predicted octanol–water partition coefficient (Wildman–Crippen LogP) is 4.20. The van der Waals surface area contributed by atoms with Gasteiger partial charge in [0.15, 0.2) is 0 Å². The van der Waals surface area contributed by atoms with Crippen LogP contribution in [0.5, 0.6) is 0 Å². The number of rotatable bonds is 8. The van der Waals surface area contributed by atoms with Gasteiger partial charge in [-0.15, -0.1) is 0 Å². The molecular weight excluding hydrogens is 398 g/mol. The van der Waals surface area contributed by atoms with Crippen LogP contribution in [-0.2, 0) is 22.2 Å². The normalized spacial score (nSPS) is 14.2. The summed E-state index contributed by atoms with van der Waals surface area (Å²) in [5.41, 5.74) is 2.24. The molecule has 0 bridgehead atoms. The summed E-state index contributed by atoms with van der Waals surface area (Å²) in [5.74, 6) is -1.70. The van der Waals surface area contributed by atoms with Crippen LogP contribution in [0.2, 0.25) is 0 Å². The Hall–Kier alpha value is -2.31. The molecule has 31 heavy (non-hydrogen) atoms. The minimum atomic E-state index is -0.958. The monoisotopic (exact) mass is 432 g/mol. The molecule has 4 nitrogen and oxygen atoms in total. The van der Waals surface area contributed by atoms with Gasteiger partial charge in [0.05, 0.1) is 12.1 Å². The average Bonchev–Trinajstić information content (AvgIpc) is 2.64. The van der Waals surface area contributed by atoms with Crippen LogP contribution in [0.4, 0.5) is 8.78 Å². The van der Waals surface area contributed by atoms with Crippen molar-refractivity contribution in [2.75, 3.05) is 6.54 Å². The molecule has 0 spiro atoms. The van der Waals surface area contributed by atoms with Gasteiger partial charge in [-0.3, -0.25) is 4.79 Å². The van der Waals surface area contributed by atoms with Gasteiger partial charge in [-0.2, -0.15) is 0 Å². The van der Waals surface area contributed by atoms with Crippen LogP contribution in [0.3, 0.4) is 0 Å². The molecule has 2 atom stereocenters. The van der Waals surface area contributed by atoms with E-state index in [1.807, 2.05) is 26.0 Å². The van der Waals surface area contributed by atoms with Gasteiger partial charge in [0, 0.05) is 25.1 Å². The van der Waals surface area contributed by atoms with Crippen LogP contribution in [0, 0.1) is 11.6 Å².